The van der Waals surface area contributed by atoms with Crippen molar-refractivity contribution in [3.05, 3.63) is 200 Å². The Morgan fingerprint density at radius 3 is 2.09 bits per heavy atom. The minimum Gasteiger partial charge on any atom is -0.309 e. The number of fused-ring (bicyclic) bond motifs is 4. The van der Waals surface area contributed by atoms with Crippen molar-refractivity contribution in [1.82, 2.24) is 14.5 Å². The van der Waals surface area contributed by atoms with Gasteiger partial charge in [0.25, 0.3) is 0 Å². The molecule has 4 nitrogen and oxygen atoms in total. The van der Waals surface area contributed by atoms with Gasteiger partial charge in [-0.05, 0) is 76.5 Å². The van der Waals surface area contributed by atoms with Crippen molar-refractivity contribution in [2.75, 3.05) is 4.90 Å². The maximum Gasteiger partial charge on any atom is 0.234 e. The first-order chi connectivity index (χ1) is 26.2. The van der Waals surface area contributed by atoms with Crippen LogP contribution >= 0.6 is 0 Å². The van der Waals surface area contributed by atoms with Gasteiger partial charge >= 0.3 is 0 Å². The molecule has 0 bridgehead atoms. The van der Waals surface area contributed by atoms with Crippen molar-refractivity contribution in [2.45, 2.75) is 6.92 Å². The van der Waals surface area contributed by atoms with Gasteiger partial charge in [-0.3, -0.25) is 4.90 Å². The third-order valence-electron chi connectivity index (χ3n) is 10.1. The summed E-state index contributed by atoms with van der Waals surface area (Å²) in [5, 5.41) is 4.73. The predicted molar refractivity (Wildman–Crippen MR) is 223 cm³/mol. The normalized spacial score (nSPS) is 11.5. The maximum atomic E-state index is 4.96. The molecule has 0 radical (unpaired) electrons. The van der Waals surface area contributed by atoms with E-state index >= 15 is 0 Å². The number of rotatable bonds is 8. The Hall–Kier alpha value is -7.04. The van der Waals surface area contributed by atoms with Crippen LogP contribution in [0.15, 0.2) is 189 Å². The first-order valence-corrected chi connectivity index (χ1v) is 17.9. The summed E-state index contributed by atoms with van der Waals surface area (Å²) in [6.45, 7) is 6.07. The number of anilines is 3. The fourth-order valence-electron chi connectivity index (χ4n) is 7.45. The average Bonchev–Trinajstić information content (AvgIpc) is 3.55. The van der Waals surface area contributed by atoms with Gasteiger partial charge in [0.05, 0.1) is 16.7 Å². The lowest BCUT2D eigenvalue weighted by atomic mass is 10.0. The fraction of sp³-hybridized carbons (Fsp3) is 0.0204. The highest BCUT2D eigenvalue weighted by Crippen LogP contribution is 2.40. The lowest BCUT2D eigenvalue weighted by Crippen LogP contribution is -2.13. The van der Waals surface area contributed by atoms with Crippen molar-refractivity contribution in [2.24, 2.45) is 0 Å². The summed E-state index contributed by atoms with van der Waals surface area (Å²) < 4.78 is 2.41. The van der Waals surface area contributed by atoms with Gasteiger partial charge in [-0.25, -0.2) is 9.97 Å². The first kappa shape index (κ1) is 31.9. The first-order valence-electron chi connectivity index (χ1n) is 17.9. The molecule has 0 aliphatic heterocycles. The van der Waals surface area contributed by atoms with E-state index in [0.29, 0.717) is 5.95 Å². The molecule has 0 amide bonds. The summed E-state index contributed by atoms with van der Waals surface area (Å²) in [5.41, 5.74) is 12.2. The number of allylic oxidation sites excluding steroid dienone is 2. The molecule has 2 aromatic heterocycles. The van der Waals surface area contributed by atoms with E-state index in [9.17, 15) is 0 Å². The summed E-state index contributed by atoms with van der Waals surface area (Å²) in [6.07, 6.45) is 9.76. The summed E-state index contributed by atoms with van der Waals surface area (Å²) >= 11 is 0. The highest BCUT2D eigenvalue weighted by Gasteiger charge is 2.20. The zero-order valence-corrected chi connectivity index (χ0v) is 29.4. The van der Waals surface area contributed by atoms with E-state index in [0.717, 1.165) is 55.6 Å². The van der Waals surface area contributed by atoms with E-state index in [1.54, 1.807) is 0 Å². The number of benzene rings is 7. The molecule has 9 rings (SSSR count). The van der Waals surface area contributed by atoms with Crippen molar-refractivity contribution < 1.29 is 0 Å². The van der Waals surface area contributed by atoms with Crippen molar-refractivity contribution >= 4 is 56.0 Å². The number of para-hydroxylation sites is 1. The van der Waals surface area contributed by atoms with Crippen LogP contribution in [0.4, 0.5) is 17.3 Å². The molecule has 0 spiro atoms. The molecule has 0 unspecified atom stereocenters. The quantitative estimate of drug-likeness (QED) is 0.150. The Kier molecular flexibility index (Phi) is 8.18. The van der Waals surface area contributed by atoms with E-state index in [1.165, 1.54) is 27.4 Å². The van der Waals surface area contributed by atoms with E-state index in [-0.39, 0.29) is 0 Å². The zero-order valence-electron chi connectivity index (χ0n) is 29.4. The minimum absolute atomic E-state index is 0.606. The van der Waals surface area contributed by atoms with Crippen LogP contribution in [0.2, 0.25) is 0 Å². The van der Waals surface area contributed by atoms with Crippen molar-refractivity contribution in [3.63, 3.8) is 0 Å². The van der Waals surface area contributed by atoms with Crippen LogP contribution in [0.1, 0.15) is 11.1 Å². The smallest absolute Gasteiger partial charge is 0.234 e. The van der Waals surface area contributed by atoms with Crippen molar-refractivity contribution in [3.8, 4) is 27.9 Å². The summed E-state index contributed by atoms with van der Waals surface area (Å²) in [7, 11) is 0. The molecule has 0 aliphatic rings. The highest BCUT2D eigenvalue weighted by atomic mass is 15.3. The fourth-order valence-corrected chi connectivity index (χ4v) is 7.45. The standard InChI is InChI=1S/C49H36N4/c1-3-4-15-35-19-13-26-45(34(35)2)53-47-25-11-10-24-43(47)44-29-28-39(31-48(44)53)38-21-12-22-41(30-38)52(46-27-14-20-37-18-8-9-23-42(37)46)49-50-32-40(33-51-49)36-16-6-5-7-17-36/h3-33H,1H2,2H3/b15-4-. The topological polar surface area (TPSA) is 34.0 Å². The van der Waals surface area contributed by atoms with E-state index in [1.807, 2.05) is 42.7 Å². The van der Waals surface area contributed by atoms with E-state index < -0.39 is 0 Å². The number of hydrogen-bond donors (Lipinski definition) is 0. The molecule has 53 heavy (non-hydrogen) atoms. The van der Waals surface area contributed by atoms with Crippen LogP contribution < -0.4 is 4.90 Å². The molecule has 0 saturated carbocycles. The van der Waals surface area contributed by atoms with Gasteiger partial charge in [0.15, 0.2) is 0 Å². The second kappa shape index (κ2) is 13.6. The molecule has 0 atom stereocenters. The Labute approximate surface area is 309 Å². The highest BCUT2D eigenvalue weighted by molar-refractivity contribution is 6.10. The van der Waals surface area contributed by atoms with Gasteiger partial charge in [-0.2, -0.15) is 0 Å². The maximum absolute atomic E-state index is 4.96. The molecule has 4 heteroatoms. The van der Waals surface area contributed by atoms with Gasteiger partial charge in [0.2, 0.25) is 5.95 Å². The third-order valence-corrected chi connectivity index (χ3v) is 10.1. The minimum atomic E-state index is 0.606. The van der Waals surface area contributed by atoms with E-state index in [2.05, 4.69) is 169 Å². The second-order valence-corrected chi connectivity index (χ2v) is 13.2. The largest absolute Gasteiger partial charge is 0.309 e. The SMILES string of the molecule is C=C/C=C\c1cccc(-n2c3ccccc3c3ccc(-c4cccc(N(c5ncc(-c6ccccc6)cn5)c5cccc6ccccc56)c4)cc32)c1C. The second-order valence-electron chi connectivity index (χ2n) is 13.2. The summed E-state index contributed by atoms with van der Waals surface area (Å²) in [4.78, 5) is 12.1. The van der Waals surface area contributed by atoms with Gasteiger partial charge in [0.1, 0.15) is 0 Å². The molecule has 7 aromatic carbocycles. The molecular formula is C49H36N4. The number of nitrogens with zero attached hydrogens (tertiary/aromatic N) is 4. The van der Waals surface area contributed by atoms with Crippen LogP contribution in [-0.2, 0) is 0 Å². The Morgan fingerprint density at radius 2 is 1.25 bits per heavy atom. The molecular weight excluding hydrogens is 645 g/mol. The number of aromatic nitrogens is 3. The van der Waals surface area contributed by atoms with Gasteiger partial charge in [-0.15, -0.1) is 0 Å². The third kappa shape index (κ3) is 5.77. The zero-order chi connectivity index (χ0) is 35.7. The molecule has 2 heterocycles. The Morgan fingerprint density at radius 1 is 0.566 bits per heavy atom. The monoisotopic (exact) mass is 680 g/mol. The molecule has 0 aliphatic carbocycles. The van der Waals surface area contributed by atoms with Crippen LogP contribution in [0, 0.1) is 6.92 Å². The lowest BCUT2D eigenvalue weighted by molar-refractivity contribution is 1.09. The van der Waals surface area contributed by atoms with Crippen LogP contribution in [0.25, 0.3) is 66.6 Å². The van der Waals surface area contributed by atoms with Crippen LogP contribution in [-0.4, -0.2) is 14.5 Å². The summed E-state index contributed by atoms with van der Waals surface area (Å²) in [5.74, 6) is 0.606. The van der Waals surface area contributed by atoms with Gasteiger partial charge in [0, 0.05) is 45.5 Å². The molecule has 0 N–H and O–H groups in total. The van der Waals surface area contributed by atoms with Crippen LogP contribution in [0.5, 0.6) is 0 Å². The Bertz CT molecular complexity index is 2810. The van der Waals surface area contributed by atoms with Gasteiger partial charge in [-0.1, -0.05) is 146 Å². The molecule has 0 saturated heterocycles. The lowest BCUT2D eigenvalue weighted by Gasteiger charge is -2.25. The van der Waals surface area contributed by atoms with E-state index in [4.69, 9.17) is 9.97 Å². The average molecular weight is 681 g/mol. The molecule has 0 fully saturated rings. The summed E-state index contributed by atoms with van der Waals surface area (Å²) in [6, 6.07) is 55.8. The van der Waals surface area contributed by atoms with Crippen molar-refractivity contribution in [1.29, 1.82) is 0 Å². The predicted octanol–water partition coefficient (Wildman–Crippen LogP) is 13.0. The Balaban J connectivity index is 1.21. The molecule has 9 aromatic rings. The number of hydrogen-bond acceptors (Lipinski definition) is 3. The van der Waals surface area contributed by atoms with Gasteiger partial charge < -0.3 is 4.57 Å². The van der Waals surface area contributed by atoms with Crippen LogP contribution in [0.3, 0.4) is 0 Å². The molecule has 252 valence electrons.